The van der Waals surface area contributed by atoms with E-state index in [4.69, 9.17) is 49.1 Å². The summed E-state index contributed by atoms with van der Waals surface area (Å²) in [6.45, 7) is 25.3. The molecule has 0 saturated heterocycles. The van der Waals surface area contributed by atoms with Crippen LogP contribution in [0.4, 0.5) is 34.9 Å². The van der Waals surface area contributed by atoms with Gasteiger partial charge in [0.05, 0.1) is 41.0 Å². The molecule has 6 N–H and O–H groups in total. The summed E-state index contributed by atoms with van der Waals surface area (Å²) >= 11 is 4.26. The summed E-state index contributed by atoms with van der Waals surface area (Å²) in [6, 6.07) is 32.5. The first-order valence-corrected chi connectivity index (χ1v) is 33.2. The van der Waals surface area contributed by atoms with E-state index < -0.39 is 18.4 Å². The van der Waals surface area contributed by atoms with Crippen LogP contribution in [0.25, 0.3) is 42.6 Å². The molecule has 0 aliphatic heterocycles. The second-order valence-corrected chi connectivity index (χ2v) is 31.1. The Labute approximate surface area is 461 Å². The Morgan fingerprint density at radius 3 is 1.47 bits per heavy atom. The van der Waals surface area contributed by atoms with Crippen LogP contribution in [-0.2, 0) is 0 Å². The summed E-state index contributed by atoms with van der Waals surface area (Å²) in [5.74, 6) is 3.33. The number of unbranched alkanes of at least 4 members (excludes halogenated alkanes) is 3. The number of nitrogens with two attached hydrogens (primary N) is 2. The molecule has 0 aliphatic carbocycles. The van der Waals surface area contributed by atoms with Gasteiger partial charge in [0, 0.05) is 40.7 Å². The van der Waals surface area contributed by atoms with Gasteiger partial charge in [-0.2, -0.15) is 0 Å². The van der Waals surface area contributed by atoms with Crippen molar-refractivity contribution in [1.82, 2.24) is 29.1 Å². The van der Waals surface area contributed by atoms with Crippen molar-refractivity contribution in [2.24, 2.45) is 0 Å². The number of anilines is 4. The number of halogens is 1. The molecule has 2 atom stereocenters. The van der Waals surface area contributed by atoms with Gasteiger partial charge in [-0.05, 0) is 73.2 Å². The van der Waals surface area contributed by atoms with Crippen molar-refractivity contribution in [3.8, 4) is 34.1 Å². The zero-order valence-electron chi connectivity index (χ0n) is 43.6. The molecule has 0 saturated carbocycles. The van der Waals surface area contributed by atoms with E-state index in [9.17, 15) is 9.59 Å². The van der Waals surface area contributed by atoms with Gasteiger partial charge in [-0.1, -0.05) is 85.6 Å². The molecule has 0 aliphatic rings. The van der Waals surface area contributed by atoms with Gasteiger partial charge in [0.2, 0.25) is 23.3 Å². The normalized spacial score (nSPS) is 11.4. The second kappa shape index (κ2) is 28.7. The van der Waals surface area contributed by atoms with Crippen LogP contribution >= 0.6 is 11.6 Å². The van der Waals surface area contributed by atoms with Crippen LogP contribution < -0.4 is 33.2 Å². The van der Waals surface area contributed by atoms with E-state index in [2.05, 4.69) is 70.9 Å². The van der Waals surface area contributed by atoms with Crippen LogP contribution in [0.3, 0.4) is 0 Å². The molecule has 0 radical (unpaired) electrons. The third-order valence-electron chi connectivity index (χ3n) is 13.0. The number of hydrogen-bond acceptors (Lipinski definition) is 10. The molecule has 4 aromatic carbocycles. The Bertz CT molecular complexity index is 3570. The number of terminal acetylenes is 2. The van der Waals surface area contributed by atoms with Crippen molar-refractivity contribution in [1.29, 1.82) is 0 Å². The van der Waals surface area contributed by atoms with Gasteiger partial charge < -0.3 is 22.1 Å². The molecule has 77 heavy (non-hydrogen) atoms. The molecule has 4 heterocycles. The zero-order chi connectivity index (χ0) is 54.8. The summed E-state index contributed by atoms with van der Waals surface area (Å²) in [5.41, 5.74) is 14.8. The molecule has 0 fully saturated rings. The van der Waals surface area contributed by atoms with Crippen LogP contribution in [0.2, 0.25) is 18.3 Å². The molecular formula is C61H67ClN12O2Sn. The third-order valence-corrected chi connectivity index (χ3v) is 26.3. The molecule has 14 nitrogen and oxygen atoms in total. The number of nitrogen functional groups attached to an aromatic ring is 2. The number of para-hydroxylation sites is 2. The number of pyridine rings is 2. The summed E-state index contributed by atoms with van der Waals surface area (Å²) in [7, 11) is 0. The van der Waals surface area contributed by atoms with Crippen molar-refractivity contribution in [2.75, 3.05) is 22.1 Å². The van der Waals surface area contributed by atoms with E-state index in [1.54, 1.807) is 27.3 Å². The minimum Gasteiger partial charge on any atom is -0.371 e. The number of benzene rings is 4. The fourth-order valence-electron chi connectivity index (χ4n) is 9.02. The third kappa shape index (κ3) is 14.6. The fraction of sp³-hybridized carbons (Fsp3) is 0.279. The first-order chi connectivity index (χ1) is 36.8. The van der Waals surface area contributed by atoms with Crippen molar-refractivity contribution >= 4 is 86.4 Å². The number of nitrogens with zero attached hydrogens (tertiary/aromatic N) is 8. The number of hydrogen-bond donors (Lipinski definition) is 4. The molecule has 0 spiro atoms. The molecule has 0 amide bonds. The Morgan fingerprint density at radius 1 is 0.649 bits per heavy atom. The Balaban J connectivity index is 0.000000225. The smallest absolute Gasteiger partial charge is 0.264 e. The first kappa shape index (κ1) is 59.7. The SMILES string of the molecule is C.C#[C][Sn]([CH2]CCC)([CH2]CCC)[CH2]CCC.[C-]#[N+]c1cnc(N)nc1N[C@@H](C)c1cc2cccc(C#C)c2c(=O)n1-c1ccccc1.[C-]#[N+]c1cnc(N)nc1N[C@@H](C)c1cc2cccc(Cl)c2c(=O)n1-c1ccccc1. The maximum Gasteiger partial charge on any atom is 0.264 e. The second-order valence-electron chi connectivity index (χ2n) is 18.3. The van der Waals surface area contributed by atoms with Crippen LogP contribution in [-0.4, -0.2) is 47.4 Å². The van der Waals surface area contributed by atoms with Gasteiger partial charge in [0.25, 0.3) is 11.1 Å². The maximum atomic E-state index is 13.6. The van der Waals surface area contributed by atoms with E-state index in [-0.39, 0.29) is 53.9 Å². The van der Waals surface area contributed by atoms with Gasteiger partial charge >= 0.3 is 101 Å². The monoisotopic (exact) mass is 1150 g/mol. The van der Waals surface area contributed by atoms with E-state index in [1.807, 2.05) is 105 Å². The quantitative estimate of drug-likeness (QED) is 0.0389. The molecule has 4 aromatic heterocycles. The van der Waals surface area contributed by atoms with Gasteiger partial charge in [-0.25, -0.2) is 29.6 Å². The first-order valence-electron chi connectivity index (χ1n) is 25.4. The number of fused-ring (bicyclic) bond motifs is 2. The molecule has 394 valence electrons. The molecule has 16 heteroatoms. The van der Waals surface area contributed by atoms with Crippen LogP contribution in [0.5, 0.6) is 0 Å². The number of rotatable bonds is 17. The van der Waals surface area contributed by atoms with Crippen molar-refractivity contribution < 1.29 is 0 Å². The van der Waals surface area contributed by atoms with Gasteiger partial charge in [0.15, 0.2) is 0 Å². The van der Waals surface area contributed by atoms with Crippen LogP contribution in [0.15, 0.2) is 131 Å². The van der Waals surface area contributed by atoms with Crippen molar-refractivity contribution in [3.05, 3.63) is 187 Å². The largest absolute Gasteiger partial charge is 0.371 e. The summed E-state index contributed by atoms with van der Waals surface area (Å²) in [6.07, 6.45) is 22.4. The summed E-state index contributed by atoms with van der Waals surface area (Å²) in [4.78, 5) is 50.0. The molecule has 8 aromatic rings. The minimum atomic E-state index is -2.09. The standard InChI is InChI=1S/C24H18N6O.C22H17ClN6O.3C4H9.C2H.CH4.Sn/c1-4-16-9-8-10-17-13-20(15(2)28-22-19(26-3)14-27-24(25)29-22)30(23(31)21(16)17)18-11-6-5-7-12-18;1-13(27-20-17(25-2)12-26-22(24)28-20)18-11-14-7-6-10-16(23)19(14)21(30)29(18)15-8-4-3-5-9-15;3*1-3-4-2;1-2;;/h1,5-15H,2H3,(H3,25,27,28,29);3-13H,1H3,(H3,24,26,27,28);3*1,3-4H2,2H3;1H;1H4;/t15-;13-;;;;;;/m00....../s1. The average molecular weight is 1150 g/mol. The zero-order valence-corrected chi connectivity index (χ0v) is 47.3. The summed E-state index contributed by atoms with van der Waals surface area (Å²) < 4.78 is 10.9. The van der Waals surface area contributed by atoms with Crippen molar-refractivity contribution in [2.45, 2.75) is 106 Å². The summed E-state index contributed by atoms with van der Waals surface area (Å²) in [5, 5.41) is 9.21. The number of aromatic nitrogens is 6. The van der Waals surface area contributed by atoms with Crippen LogP contribution in [0.1, 0.15) is 110 Å². The minimum absolute atomic E-state index is 0. The van der Waals surface area contributed by atoms with E-state index in [1.165, 1.54) is 64.2 Å². The Morgan fingerprint density at radius 2 is 1.06 bits per heavy atom. The van der Waals surface area contributed by atoms with E-state index in [0.717, 1.165) is 10.8 Å². The average Bonchev–Trinajstić information content (AvgIpc) is 3.45. The fourth-order valence-corrected chi connectivity index (χ4v) is 21.5. The van der Waals surface area contributed by atoms with Gasteiger partial charge in [0.1, 0.15) is 11.6 Å². The maximum absolute atomic E-state index is 13.6. The van der Waals surface area contributed by atoms with E-state index in [0.29, 0.717) is 55.8 Å². The van der Waals surface area contributed by atoms with Crippen LogP contribution in [0, 0.1) is 35.8 Å². The topological polar surface area (TPSA) is 180 Å². The number of nitrogens with one attached hydrogen (secondary N) is 2. The Kier molecular flexibility index (Phi) is 22.2. The molecular weight excluding hydrogens is 1090 g/mol. The van der Waals surface area contributed by atoms with Gasteiger partial charge in [-0.15, -0.1) is 6.42 Å². The van der Waals surface area contributed by atoms with Gasteiger partial charge in [-0.3, -0.25) is 18.7 Å². The molecule has 0 unspecified atom stereocenters. The van der Waals surface area contributed by atoms with Crippen molar-refractivity contribution in [3.63, 3.8) is 0 Å². The molecule has 8 rings (SSSR count). The predicted molar refractivity (Wildman–Crippen MR) is 322 cm³/mol. The predicted octanol–water partition coefficient (Wildman–Crippen LogP) is 14.5. The molecule has 0 bridgehead atoms. The Hall–Kier alpha value is -8.15. The van der Waals surface area contributed by atoms with E-state index >= 15 is 0 Å².